The zero-order chi connectivity index (χ0) is 18.2. The summed E-state index contributed by atoms with van der Waals surface area (Å²) in [5.41, 5.74) is 13.4. The van der Waals surface area contributed by atoms with Gasteiger partial charge >= 0.3 is 0 Å². The van der Waals surface area contributed by atoms with Gasteiger partial charge in [0.2, 0.25) is 0 Å². The Kier molecular flexibility index (Phi) is 4.66. The highest BCUT2D eigenvalue weighted by Crippen LogP contribution is 2.27. The van der Waals surface area contributed by atoms with Gasteiger partial charge in [-0.05, 0) is 32.4 Å². The van der Waals surface area contributed by atoms with Crippen LogP contribution in [0.15, 0.2) is 35.4 Å². The average molecular weight is 361 g/mol. The minimum atomic E-state index is -3.29. The fraction of sp³-hybridized carbons (Fsp3) is 0.412. The van der Waals surface area contributed by atoms with E-state index in [-0.39, 0.29) is 6.04 Å². The van der Waals surface area contributed by atoms with E-state index < -0.39 is 15.1 Å². The lowest BCUT2D eigenvalue weighted by atomic mass is 10.2. The summed E-state index contributed by atoms with van der Waals surface area (Å²) >= 11 is 0. The summed E-state index contributed by atoms with van der Waals surface area (Å²) in [6.45, 7) is 4.84. The van der Waals surface area contributed by atoms with Gasteiger partial charge in [-0.3, -0.25) is 0 Å². The Morgan fingerprint density at radius 3 is 2.48 bits per heavy atom. The van der Waals surface area contributed by atoms with Crippen LogP contribution in [0.4, 0.5) is 11.6 Å². The van der Waals surface area contributed by atoms with Gasteiger partial charge in [0.05, 0.1) is 22.0 Å². The number of nitrogens with zero attached hydrogens (tertiary/aromatic N) is 3. The van der Waals surface area contributed by atoms with E-state index in [1.165, 1.54) is 0 Å². The van der Waals surface area contributed by atoms with Gasteiger partial charge in [0, 0.05) is 24.7 Å². The number of anilines is 2. The number of aromatic nitrogens is 2. The fourth-order valence-electron chi connectivity index (χ4n) is 2.83. The highest BCUT2D eigenvalue weighted by molar-refractivity contribution is 7.92. The van der Waals surface area contributed by atoms with Crippen molar-refractivity contribution in [1.82, 2.24) is 9.97 Å². The molecule has 7 nitrogen and oxygen atoms in total. The Bertz CT molecular complexity index is 865. The molecule has 0 saturated carbocycles. The highest BCUT2D eigenvalue weighted by atomic mass is 32.2. The summed E-state index contributed by atoms with van der Waals surface area (Å²) in [6.07, 6.45) is 2.49. The van der Waals surface area contributed by atoms with Crippen molar-refractivity contribution in [2.45, 2.75) is 36.5 Å². The molecule has 8 heteroatoms. The van der Waals surface area contributed by atoms with Crippen LogP contribution in [-0.2, 0) is 9.84 Å². The number of hydrogen-bond donors (Lipinski definition) is 2. The second-order valence-corrected chi connectivity index (χ2v) is 9.08. The molecule has 0 bridgehead atoms. The molecule has 1 saturated heterocycles. The maximum Gasteiger partial charge on any atom is 0.180 e. The molecule has 1 aliphatic heterocycles. The van der Waals surface area contributed by atoms with Gasteiger partial charge < -0.3 is 16.4 Å². The third-order valence-corrected chi connectivity index (χ3v) is 6.58. The molecule has 0 radical (unpaired) electrons. The molecule has 2 heterocycles. The van der Waals surface area contributed by atoms with Crippen LogP contribution in [0.25, 0.3) is 11.3 Å². The number of nitrogens with two attached hydrogens (primary N) is 2. The Balaban J connectivity index is 1.92. The quantitative estimate of drug-likeness (QED) is 0.846. The predicted octanol–water partition coefficient (Wildman–Crippen LogP) is 1.45. The van der Waals surface area contributed by atoms with Crippen LogP contribution in [0.2, 0.25) is 0 Å². The molecule has 2 aromatic rings. The molecule has 0 aliphatic carbocycles. The minimum Gasteiger partial charge on any atom is -0.381 e. The Labute approximate surface area is 148 Å². The average Bonchev–Trinajstić information content (AvgIpc) is 3.01. The standard InChI is InChI=1S/C17H23N5O2S/c1-11(2)25(23,24)14-5-3-12(4-6-14)15-9-20-16(19)17(21-15)22-8-7-13(18)10-22/h3-6,9,11,13H,7-8,10,18H2,1-2H3,(H2,19,20)/t13-/m0/s1. The van der Waals surface area contributed by atoms with Gasteiger partial charge in [-0.2, -0.15) is 0 Å². The van der Waals surface area contributed by atoms with Crippen LogP contribution in [0.1, 0.15) is 20.3 Å². The molecule has 1 fully saturated rings. The lowest BCUT2D eigenvalue weighted by Crippen LogP contribution is -2.27. The molecular weight excluding hydrogens is 338 g/mol. The van der Waals surface area contributed by atoms with Crippen molar-refractivity contribution >= 4 is 21.5 Å². The fourth-order valence-corrected chi connectivity index (χ4v) is 3.89. The maximum absolute atomic E-state index is 12.2. The smallest absolute Gasteiger partial charge is 0.180 e. The van der Waals surface area contributed by atoms with E-state index in [0.717, 1.165) is 18.5 Å². The SMILES string of the molecule is CC(C)S(=O)(=O)c1ccc(-c2cnc(N)c(N3CC[C@H](N)C3)n2)cc1. The van der Waals surface area contributed by atoms with Gasteiger partial charge in [0.1, 0.15) is 0 Å². The Morgan fingerprint density at radius 2 is 1.92 bits per heavy atom. The molecule has 3 rings (SSSR count). The van der Waals surface area contributed by atoms with Crippen molar-refractivity contribution in [3.8, 4) is 11.3 Å². The van der Waals surface area contributed by atoms with E-state index in [4.69, 9.17) is 11.5 Å². The first-order chi connectivity index (χ1) is 11.8. The lowest BCUT2D eigenvalue weighted by Gasteiger charge is -2.19. The van der Waals surface area contributed by atoms with E-state index in [9.17, 15) is 8.42 Å². The first-order valence-electron chi connectivity index (χ1n) is 8.26. The van der Waals surface area contributed by atoms with Crippen molar-refractivity contribution in [1.29, 1.82) is 0 Å². The molecule has 134 valence electrons. The van der Waals surface area contributed by atoms with Crippen LogP contribution >= 0.6 is 0 Å². The van der Waals surface area contributed by atoms with Crippen LogP contribution in [-0.4, -0.2) is 42.8 Å². The van der Waals surface area contributed by atoms with E-state index in [1.807, 2.05) is 4.90 Å². The zero-order valence-electron chi connectivity index (χ0n) is 14.4. The second kappa shape index (κ2) is 6.61. The summed E-state index contributed by atoms with van der Waals surface area (Å²) in [5.74, 6) is 1.00. The normalized spacial score (nSPS) is 18.1. The summed E-state index contributed by atoms with van der Waals surface area (Å²) in [5, 5.41) is -0.458. The molecule has 1 aromatic carbocycles. The molecule has 0 unspecified atom stereocenters. The van der Waals surface area contributed by atoms with Gasteiger partial charge in [-0.25, -0.2) is 18.4 Å². The lowest BCUT2D eigenvalue weighted by molar-refractivity contribution is 0.587. The number of rotatable bonds is 4. The molecule has 25 heavy (non-hydrogen) atoms. The van der Waals surface area contributed by atoms with Gasteiger partial charge in [0.15, 0.2) is 21.5 Å². The number of benzene rings is 1. The van der Waals surface area contributed by atoms with Crippen molar-refractivity contribution in [3.63, 3.8) is 0 Å². The monoisotopic (exact) mass is 361 g/mol. The van der Waals surface area contributed by atoms with Crippen LogP contribution in [0.5, 0.6) is 0 Å². The Morgan fingerprint density at radius 1 is 1.24 bits per heavy atom. The first-order valence-corrected chi connectivity index (χ1v) is 9.81. The summed E-state index contributed by atoms with van der Waals surface area (Å²) < 4.78 is 24.4. The summed E-state index contributed by atoms with van der Waals surface area (Å²) in [6, 6.07) is 6.82. The van der Waals surface area contributed by atoms with E-state index >= 15 is 0 Å². The van der Waals surface area contributed by atoms with E-state index in [2.05, 4.69) is 9.97 Å². The zero-order valence-corrected chi connectivity index (χ0v) is 15.2. The molecule has 1 aliphatic rings. The van der Waals surface area contributed by atoms with Crippen molar-refractivity contribution in [2.75, 3.05) is 23.7 Å². The van der Waals surface area contributed by atoms with Gasteiger partial charge in [0.25, 0.3) is 0 Å². The number of sulfone groups is 1. The first kappa shape index (κ1) is 17.6. The second-order valence-electron chi connectivity index (χ2n) is 6.58. The van der Waals surface area contributed by atoms with Crippen molar-refractivity contribution in [2.24, 2.45) is 5.73 Å². The van der Waals surface area contributed by atoms with Crippen molar-refractivity contribution < 1.29 is 8.42 Å². The number of hydrogen-bond acceptors (Lipinski definition) is 7. The third-order valence-electron chi connectivity index (χ3n) is 4.40. The Hall–Kier alpha value is -2.19. The summed E-state index contributed by atoms with van der Waals surface area (Å²) in [7, 11) is -3.29. The number of nitrogen functional groups attached to an aromatic ring is 1. The summed E-state index contributed by atoms with van der Waals surface area (Å²) in [4.78, 5) is 11.2. The van der Waals surface area contributed by atoms with Crippen molar-refractivity contribution in [3.05, 3.63) is 30.5 Å². The van der Waals surface area contributed by atoms with E-state index in [1.54, 1.807) is 44.3 Å². The van der Waals surface area contributed by atoms with Crippen LogP contribution < -0.4 is 16.4 Å². The topological polar surface area (TPSA) is 115 Å². The maximum atomic E-state index is 12.2. The largest absolute Gasteiger partial charge is 0.381 e. The molecule has 0 amide bonds. The molecule has 0 spiro atoms. The van der Waals surface area contributed by atoms with Gasteiger partial charge in [-0.1, -0.05) is 12.1 Å². The molecule has 1 atom stereocenters. The third kappa shape index (κ3) is 3.45. The predicted molar refractivity (Wildman–Crippen MR) is 99.0 cm³/mol. The highest BCUT2D eigenvalue weighted by Gasteiger charge is 2.23. The minimum absolute atomic E-state index is 0.116. The van der Waals surface area contributed by atoms with Gasteiger partial charge in [-0.15, -0.1) is 0 Å². The van der Waals surface area contributed by atoms with E-state index in [0.29, 0.717) is 28.8 Å². The molecular formula is C17H23N5O2S. The van der Waals surface area contributed by atoms with Crippen LogP contribution in [0, 0.1) is 0 Å². The van der Waals surface area contributed by atoms with Crippen LogP contribution in [0.3, 0.4) is 0 Å². The molecule has 1 aromatic heterocycles. The molecule has 4 N–H and O–H groups in total.